The van der Waals surface area contributed by atoms with Crippen LogP contribution in [0, 0.1) is 29.1 Å². The van der Waals surface area contributed by atoms with Gasteiger partial charge in [-0.1, -0.05) is 36.4 Å². The van der Waals surface area contributed by atoms with Gasteiger partial charge < -0.3 is 10.1 Å². The minimum Gasteiger partial charge on any atom is -0.452 e. The lowest BCUT2D eigenvalue weighted by Gasteiger charge is -2.56. The average Bonchev–Trinajstić information content (AvgIpc) is 2.76. The second kappa shape index (κ2) is 7.85. The fourth-order valence-corrected chi connectivity index (χ4v) is 6.52. The van der Waals surface area contributed by atoms with Gasteiger partial charge in [-0.3, -0.25) is 4.79 Å². The van der Waals surface area contributed by atoms with Gasteiger partial charge in [0.1, 0.15) is 0 Å². The molecule has 4 aliphatic carbocycles. The summed E-state index contributed by atoms with van der Waals surface area (Å²) in [6.07, 6.45) is 7.12. The Hall–Kier alpha value is -3.13. The fraction of sp³-hybridized carbons (Fsp3) is 0.423. The summed E-state index contributed by atoms with van der Waals surface area (Å²) in [5, 5.41) is 12.7. The summed E-state index contributed by atoms with van der Waals surface area (Å²) < 4.78 is 5.41. The lowest BCUT2D eigenvalue weighted by molar-refractivity contribution is -0.130. The van der Waals surface area contributed by atoms with Gasteiger partial charge in [-0.2, -0.15) is 5.26 Å². The van der Waals surface area contributed by atoms with Crippen LogP contribution in [0.3, 0.4) is 0 Å². The zero-order valence-corrected chi connectivity index (χ0v) is 17.5. The van der Waals surface area contributed by atoms with E-state index in [2.05, 4.69) is 11.4 Å². The number of esters is 1. The largest absolute Gasteiger partial charge is 0.452 e. The smallest absolute Gasteiger partial charge is 0.339 e. The van der Waals surface area contributed by atoms with Gasteiger partial charge in [0.2, 0.25) is 0 Å². The van der Waals surface area contributed by atoms with Crippen molar-refractivity contribution in [3.05, 3.63) is 59.7 Å². The molecule has 0 aliphatic heterocycles. The van der Waals surface area contributed by atoms with Gasteiger partial charge >= 0.3 is 5.97 Å². The van der Waals surface area contributed by atoms with E-state index in [1.54, 1.807) is 30.3 Å². The molecule has 5 nitrogen and oxygen atoms in total. The molecule has 2 aromatic rings. The topological polar surface area (TPSA) is 79.2 Å². The highest BCUT2D eigenvalue weighted by Crippen LogP contribution is 2.55. The van der Waals surface area contributed by atoms with Crippen LogP contribution in [0.2, 0.25) is 0 Å². The first-order valence-electron chi connectivity index (χ1n) is 11.1. The molecule has 0 unspecified atom stereocenters. The minimum absolute atomic E-state index is 0.0954. The highest BCUT2D eigenvalue weighted by Gasteiger charge is 2.51. The predicted octanol–water partition coefficient (Wildman–Crippen LogP) is 4.47. The summed E-state index contributed by atoms with van der Waals surface area (Å²) >= 11 is 0. The number of hydrogen-bond donors (Lipinski definition) is 1. The van der Waals surface area contributed by atoms with Crippen molar-refractivity contribution >= 4 is 11.9 Å². The maximum atomic E-state index is 12.8. The van der Waals surface area contributed by atoms with Crippen molar-refractivity contribution in [2.75, 3.05) is 6.61 Å². The van der Waals surface area contributed by atoms with Crippen LogP contribution >= 0.6 is 0 Å². The molecule has 0 radical (unpaired) electrons. The molecule has 6 rings (SSSR count). The zero-order valence-electron chi connectivity index (χ0n) is 17.5. The van der Waals surface area contributed by atoms with Gasteiger partial charge in [0.25, 0.3) is 5.91 Å². The van der Waals surface area contributed by atoms with Crippen molar-refractivity contribution in [1.82, 2.24) is 5.32 Å². The number of hydrogen-bond acceptors (Lipinski definition) is 4. The highest BCUT2D eigenvalue weighted by atomic mass is 16.5. The quantitative estimate of drug-likeness (QED) is 0.732. The van der Waals surface area contributed by atoms with Crippen molar-refractivity contribution in [3.8, 4) is 17.2 Å². The van der Waals surface area contributed by atoms with E-state index < -0.39 is 5.97 Å². The molecular weight excluding hydrogens is 388 g/mol. The summed E-state index contributed by atoms with van der Waals surface area (Å²) in [6, 6.07) is 16.4. The number of rotatable bonds is 5. The molecule has 4 aliphatic rings. The Labute approximate surface area is 182 Å². The lowest BCUT2D eigenvalue weighted by atomic mass is 9.53. The molecule has 1 amide bonds. The van der Waals surface area contributed by atoms with Crippen LogP contribution in [0.15, 0.2) is 48.5 Å². The first-order chi connectivity index (χ1) is 15.0. The molecule has 5 heteroatoms. The van der Waals surface area contributed by atoms with Gasteiger partial charge in [-0.05, 0) is 74.0 Å². The third kappa shape index (κ3) is 3.83. The Kier molecular flexibility index (Phi) is 5.02. The minimum atomic E-state index is -0.552. The second-order valence-corrected chi connectivity index (χ2v) is 9.53. The lowest BCUT2D eigenvalue weighted by Crippen LogP contribution is -2.60. The van der Waals surface area contributed by atoms with Crippen LogP contribution in [0.1, 0.15) is 54.4 Å². The standard InChI is InChI=1S/C26H26N2O3/c27-15-20-5-1-2-6-21(20)22-7-3-4-8-23(22)25(30)31-16-24(29)28-26-12-17-9-18(13-26)11-19(10-17)14-26/h1-8,17-19H,9-14,16H2,(H,28,29). The number of carbonyl (C=O) groups is 2. The maximum absolute atomic E-state index is 12.8. The van der Waals surface area contributed by atoms with Crippen molar-refractivity contribution in [3.63, 3.8) is 0 Å². The van der Waals surface area contributed by atoms with Crippen molar-refractivity contribution in [2.45, 2.75) is 44.1 Å². The van der Waals surface area contributed by atoms with Crippen LogP contribution in [-0.4, -0.2) is 24.0 Å². The fourth-order valence-electron chi connectivity index (χ4n) is 6.52. The number of nitrogens with zero attached hydrogens (tertiary/aromatic N) is 1. The van der Waals surface area contributed by atoms with Crippen LogP contribution in [0.5, 0.6) is 0 Å². The van der Waals surface area contributed by atoms with E-state index in [0.717, 1.165) is 37.0 Å². The molecule has 0 saturated heterocycles. The zero-order chi connectivity index (χ0) is 21.4. The monoisotopic (exact) mass is 414 g/mol. The van der Waals surface area contributed by atoms with Crippen LogP contribution in [-0.2, 0) is 9.53 Å². The molecule has 158 valence electrons. The van der Waals surface area contributed by atoms with E-state index in [-0.39, 0.29) is 18.1 Å². The third-order valence-electron chi connectivity index (χ3n) is 7.26. The molecule has 1 N–H and O–H groups in total. The van der Waals surface area contributed by atoms with E-state index in [1.807, 2.05) is 18.2 Å². The van der Waals surface area contributed by atoms with E-state index >= 15 is 0 Å². The van der Waals surface area contributed by atoms with Crippen molar-refractivity contribution in [1.29, 1.82) is 5.26 Å². The number of benzene rings is 2. The Morgan fingerprint density at radius 1 is 0.935 bits per heavy atom. The van der Waals surface area contributed by atoms with Gasteiger partial charge in [0, 0.05) is 11.1 Å². The van der Waals surface area contributed by atoms with Crippen LogP contribution in [0.25, 0.3) is 11.1 Å². The van der Waals surface area contributed by atoms with Gasteiger partial charge in [-0.25, -0.2) is 4.79 Å². The van der Waals surface area contributed by atoms with Gasteiger partial charge in [0.05, 0.1) is 17.2 Å². The Morgan fingerprint density at radius 2 is 1.52 bits per heavy atom. The summed E-state index contributed by atoms with van der Waals surface area (Å²) in [7, 11) is 0. The molecule has 4 saturated carbocycles. The van der Waals surface area contributed by atoms with Crippen LogP contribution < -0.4 is 5.32 Å². The Balaban J connectivity index is 1.27. The summed E-state index contributed by atoms with van der Waals surface area (Å²) in [5.74, 6) is 1.44. The first kappa shape index (κ1) is 19.8. The predicted molar refractivity (Wildman–Crippen MR) is 116 cm³/mol. The van der Waals surface area contributed by atoms with Crippen LogP contribution in [0.4, 0.5) is 0 Å². The van der Waals surface area contributed by atoms with E-state index in [4.69, 9.17) is 4.74 Å². The average molecular weight is 415 g/mol. The van der Waals surface area contributed by atoms with E-state index in [0.29, 0.717) is 22.3 Å². The Bertz CT molecular complexity index is 1030. The molecule has 2 aromatic carbocycles. The molecule has 4 bridgehead atoms. The van der Waals surface area contributed by atoms with Gasteiger partial charge in [0.15, 0.2) is 6.61 Å². The number of nitriles is 1. The molecule has 0 heterocycles. The maximum Gasteiger partial charge on any atom is 0.339 e. The van der Waals surface area contributed by atoms with Crippen molar-refractivity contribution < 1.29 is 14.3 Å². The first-order valence-corrected chi connectivity index (χ1v) is 11.1. The second-order valence-electron chi connectivity index (χ2n) is 9.53. The SMILES string of the molecule is N#Cc1ccccc1-c1ccccc1C(=O)OCC(=O)NC12CC3CC(CC(C3)C1)C2. The number of nitrogens with one attached hydrogen (secondary N) is 1. The van der Waals surface area contributed by atoms with Gasteiger partial charge in [-0.15, -0.1) is 0 Å². The summed E-state index contributed by atoms with van der Waals surface area (Å²) in [5.41, 5.74) is 2.05. The number of ether oxygens (including phenoxy) is 1. The number of carbonyl (C=O) groups excluding carboxylic acids is 2. The van der Waals surface area contributed by atoms with E-state index in [1.165, 1.54) is 19.3 Å². The Morgan fingerprint density at radius 3 is 2.16 bits per heavy atom. The third-order valence-corrected chi connectivity index (χ3v) is 7.26. The van der Waals surface area contributed by atoms with E-state index in [9.17, 15) is 14.9 Å². The number of amides is 1. The molecule has 4 fully saturated rings. The normalized spacial score (nSPS) is 28.0. The molecule has 0 aromatic heterocycles. The molecule has 0 atom stereocenters. The summed E-state index contributed by atoms with van der Waals surface area (Å²) in [6.45, 7) is -0.283. The highest BCUT2D eigenvalue weighted by molar-refractivity contribution is 5.99. The molecule has 0 spiro atoms. The molecule has 31 heavy (non-hydrogen) atoms. The van der Waals surface area contributed by atoms with Crippen molar-refractivity contribution in [2.24, 2.45) is 17.8 Å². The molecular formula is C26H26N2O3. The summed E-state index contributed by atoms with van der Waals surface area (Å²) in [4.78, 5) is 25.5.